The molecule has 0 saturated carbocycles. The van der Waals surface area contributed by atoms with Crippen LogP contribution in [0.3, 0.4) is 0 Å². The van der Waals surface area contributed by atoms with Crippen molar-refractivity contribution < 1.29 is 4.79 Å². The van der Waals surface area contributed by atoms with Crippen LogP contribution in [0.2, 0.25) is 0 Å². The van der Waals surface area contributed by atoms with Crippen LogP contribution in [0.25, 0.3) is 4.96 Å². The molecule has 0 aliphatic heterocycles. The third-order valence-corrected chi connectivity index (χ3v) is 2.20. The van der Waals surface area contributed by atoms with Crippen molar-refractivity contribution in [3.63, 3.8) is 0 Å². The van der Waals surface area contributed by atoms with Gasteiger partial charge < -0.3 is 0 Å². The normalized spacial score (nSPS) is 10.6. The lowest BCUT2D eigenvalue weighted by atomic mass is 10.5. The van der Waals surface area contributed by atoms with Gasteiger partial charge in [-0.3, -0.25) is 4.79 Å². The first-order valence-corrected chi connectivity index (χ1v) is 3.77. The molecule has 11 heavy (non-hydrogen) atoms. The summed E-state index contributed by atoms with van der Waals surface area (Å²) in [6.45, 7) is 1.48. The van der Waals surface area contributed by atoms with E-state index < -0.39 is 0 Å². The Kier molecular flexibility index (Phi) is 1.22. The molecule has 2 aromatic rings. The summed E-state index contributed by atoms with van der Waals surface area (Å²) < 4.78 is 1.49. The number of hydrogen-bond donors (Lipinski definition) is 0. The quantitative estimate of drug-likeness (QED) is 0.578. The zero-order chi connectivity index (χ0) is 7.84. The van der Waals surface area contributed by atoms with Crippen LogP contribution < -0.4 is 0 Å². The van der Waals surface area contributed by atoms with Gasteiger partial charge in [-0.2, -0.15) is 4.52 Å². The summed E-state index contributed by atoms with van der Waals surface area (Å²) in [5.74, 6) is -0.0412. The van der Waals surface area contributed by atoms with Crippen molar-refractivity contribution in [2.75, 3.05) is 0 Å². The van der Waals surface area contributed by atoms with Crippen LogP contribution in [0.4, 0.5) is 0 Å². The summed E-state index contributed by atoms with van der Waals surface area (Å²) in [6, 6.07) is 0. The Morgan fingerprint density at radius 3 is 3.18 bits per heavy atom. The number of hydrogen-bond acceptors (Lipinski definition) is 5. The molecule has 0 N–H and O–H groups in total. The van der Waals surface area contributed by atoms with Crippen molar-refractivity contribution in [2.45, 2.75) is 6.92 Å². The Morgan fingerprint density at radius 1 is 1.73 bits per heavy atom. The third-order valence-electron chi connectivity index (χ3n) is 1.19. The third kappa shape index (κ3) is 0.911. The first-order valence-electron chi connectivity index (χ1n) is 2.95. The topological polar surface area (TPSA) is 60.2 Å². The summed E-state index contributed by atoms with van der Waals surface area (Å²) in [5, 5.41) is 11.8. The fourth-order valence-corrected chi connectivity index (χ4v) is 1.42. The Hall–Kier alpha value is -1.30. The Morgan fingerprint density at radius 2 is 2.55 bits per heavy atom. The van der Waals surface area contributed by atoms with E-state index in [0.29, 0.717) is 9.97 Å². The second kappa shape index (κ2) is 2.09. The molecule has 0 unspecified atom stereocenters. The molecular weight excluding hydrogens is 164 g/mol. The zero-order valence-electron chi connectivity index (χ0n) is 5.68. The van der Waals surface area contributed by atoms with Gasteiger partial charge in [0.2, 0.25) is 4.96 Å². The first kappa shape index (κ1) is 6.41. The van der Waals surface area contributed by atoms with Gasteiger partial charge in [-0.15, -0.1) is 15.3 Å². The molecular formula is C5H4N4OS. The number of nitrogens with zero attached hydrogens (tertiary/aromatic N) is 4. The molecule has 0 saturated heterocycles. The van der Waals surface area contributed by atoms with Crippen molar-refractivity contribution >= 4 is 22.1 Å². The number of rotatable bonds is 1. The lowest BCUT2D eigenvalue weighted by Gasteiger charge is -1.78. The fourth-order valence-electron chi connectivity index (χ4n) is 0.702. The van der Waals surface area contributed by atoms with Crippen LogP contribution in [-0.4, -0.2) is 25.6 Å². The van der Waals surface area contributed by atoms with Crippen LogP contribution in [0.15, 0.2) is 6.33 Å². The minimum atomic E-state index is -0.0412. The maximum Gasteiger partial charge on any atom is 0.234 e. The first-order chi connectivity index (χ1) is 5.27. The van der Waals surface area contributed by atoms with Crippen LogP contribution in [0.5, 0.6) is 0 Å². The number of ketones is 1. The van der Waals surface area contributed by atoms with Crippen molar-refractivity contribution in [1.82, 2.24) is 19.8 Å². The molecule has 56 valence electrons. The van der Waals surface area contributed by atoms with E-state index in [-0.39, 0.29) is 5.78 Å². The highest BCUT2D eigenvalue weighted by Gasteiger charge is 2.07. The predicted octanol–water partition coefficient (Wildman–Crippen LogP) is 0.388. The minimum Gasteiger partial charge on any atom is -0.292 e. The Bertz CT molecular complexity index is 375. The lowest BCUT2D eigenvalue weighted by Crippen LogP contribution is -1.91. The molecule has 0 atom stereocenters. The molecule has 2 rings (SSSR count). The van der Waals surface area contributed by atoms with E-state index in [0.717, 1.165) is 0 Å². The molecule has 0 radical (unpaired) electrons. The van der Waals surface area contributed by atoms with Crippen molar-refractivity contribution in [1.29, 1.82) is 0 Å². The van der Waals surface area contributed by atoms with Crippen LogP contribution in [-0.2, 0) is 0 Å². The average Bonchev–Trinajstić information content (AvgIpc) is 2.40. The summed E-state index contributed by atoms with van der Waals surface area (Å²) >= 11 is 1.24. The molecule has 0 aliphatic rings. The number of fused-ring (bicyclic) bond motifs is 1. The average molecular weight is 168 g/mol. The molecule has 2 heterocycles. The monoisotopic (exact) mass is 168 g/mol. The Balaban J connectivity index is 2.67. The van der Waals surface area contributed by atoms with Crippen molar-refractivity contribution in [2.24, 2.45) is 0 Å². The summed E-state index contributed by atoms with van der Waals surface area (Å²) in [6.07, 6.45) is 1.47. The van der Waals surface area contributed by atoms with Gasteiger partial charge >= 0.3 is 0 Å². The van der Waals surface area contributed by atoms with E-state index in [4.69, 9.17) is 0 Å². The second-order valence-corrected chi connectivity index (χ2v) is 2.98. The predicted molar refractivity (Wildman–Crippen MR) is 38.7 cm³/mol. The number of aromatic nitrogens is 4. The smallest absolute Gasteiger partial charge is 0.234 e. The maximum atomic E-state index is 10.8. The van der Waals surface area contributed by atoms with E-state index in [1.807, 2.05) is 0 Å². The van der Waals surface area contributed by atoms with E-state index in [9.17, 15) is 4.79 Å². The maximum absolute atomic E-state index is 10.8. The van der Waals surface area contributed by atoms with E-state index in [1.165, 1.54) is 29.1 Å². The summed E-state index contributed by atoms with van der Waals surface area (Å²) in [7, 11) is 0. The van der Waals surface area contributed by atoms with Crippen molar-refractivity contribution in [3.05, 3.63) is 11.3 Å². The van der Waals surface area contributed by atoms with Gasteiger partial charge in [-0.05, 0) is 0 Å². The number of carbonyl (C=O) groups excluding carboxylic acids is 1. The molecule has 5 nitrogen and oxygen atoms in total. The molecule has 0 amide bonds. The minimum absolute atomic E-state index is 0.0412. The van der Waals surface area contributed by atoms with Gasteiger partial charge in [-0.1, -0.05) is 11.3 Å². The highest BCUT2D eigenvalue weighted by atomic mass is 32.1. The van der Waals surface area contributed by atoms with Crippen LogP contribution in [0.1, 0.15) is 16.7 Å². The van der Waals surface area contributed by atoms with Gasteiger partial charge in [0, 0.05) is 6.92 Å². The van der Waals surface area contributed by atoms with Gasteiger partial charge in [0.25, 0.3) is 0 Å². The molecule has 2 aromatic heterocycles. The zero-order valence-corrected chi connectivity index (χ0v) is 6.50. The standard InChI is InChI=1S/C5H4N4OS/c1-3(10)4-8-9-2-6-7-5(9)11-4/h2H,1H3. The largest absolute Gasteiger partial charge is 0.292 e. The fraction of sp³-hybridized carbons (Fsp3) is 0.200. The SMILES string of the molecule is CC(=O)c1nn2cnnc2s1. The molecule has 0 spiro atoms. The van der Waals surface area contributed by atoms with E-state index >= 15 is 0 Å². The molecule has 0 bridgehead atoms. The molecule has 0 aliphatic carbocycles. The summed E-state index contributed by atoms with van der Waals surface area (Å²) in [4.78, 5) is 11.4. The lowest BCUT2D eigenvalue weighted by molar-refractivity contribution is 0.101. The molecule has 0 fully saturated rings. The summed E-state index contributed by atoms with van der Waals surface area (Å²) in [5.41, 5.74) is 0. The Labute approximate surface area is 65.7 Å². The molecule has 6 heteroatoms. The second-order valence-electron chi connectivity index (χ2n) is 2.02. The number of carbonyl (C=O) groups is 1. The van der Waals surface area contributed by atoms with E-state index in [2.05, 4.69) is 15.3 Å². The van der Waals surface area contributed by atoms with E-state index in [1.54, 1.807) is 0 Å². The van der Waals surface area contributed by atoms with Crippen molar-refractivity contribution in [3.8, 4) is 0 Å². The van der Waals surface area contributed by atoms with Gasteiger partial charge in [0.15, 0.2) is 10.8 Å². The highest BCUT2D eigenvalue weighted by molar-refractivity contribution is 7.18. The number of Topliss-reactive ketones (excluding diaryl/α,β-unsaturated/α-hetero) is 1. The van der Waals surface area contributed by atoms with Gasteiger partial charge in [0.05, 0.1) is 0 Å². The van der Waals surface area contributed by atoms with Crippen LogP contribution >= 0.6 is 11.3 Å². The van der Waals surface area contributed by atoms with Gasteiger partial charge in [-0.25, -0.2) is 0 Å². The van der Waals surface area contributed by atoms with Crippen LogP contribution in [0, 0.1) is 0 Å². The molecule has 0 aromatic carbocycles. The highest BCUT2D eigenvalue weighted by Crippen LogP contribution is 2.11. The van der Waals surface area contributed by atoms with Gasteiger partial charge in [0.1, 0.15) is 6.33 Å².